The Balaban J connectivity index is 1.66. The van der Waals surface area contributed by atoms with Gasteiger partial charge in [0.15, 0.2) is 0 Å². The zero-order chi connectivity index (χ0) is 14.5. The maximum atomic E-state index is 10.3. The molecule has 1 N–H and O–H groups in total. The summed E-state index contributed by atoms with van der Waals surface area (Å²) in [6, 6.07) is 21.3. The molecule has 1 unspecified atom stereocenters. The molecule has 3 rings (SSSR count). The highest BCUT2D eigenvalue weighted by molar-refractivity contribution is 7.06. The Morgan fingerprint density at radius 2 is 1.67 bits per heavy atom. The van der Waals surface area contributed by atoms with Gasteiger partial charge in [0.05, 0.1) is 4.88 Å². The first-order chi connectivity index (χ1) is 10.3. The van der Waals surface area contributed by atoms with E-state index in [4.69, 9.17) is 4.74 Å². The number of benzene rings is 2. The fourth-order valence-corrected chi connectivity index (χ4v) is 2.69. The van der Waals surface area contributed by atoms with E-state index >= 15 is 0 Å². The molecular weight excluding hydrogens is 282 g/mol. The highest BCUT2D eigenvalue weighted by atomic mass is 32.1. The van der Waals surface area contributed by atoms with E-state index in [1.807, 2.05) is 60.7 Å². The Labute approximate surface area is 127 Å². The van der Waals surface area contributed by atoms with E-state index in [2.05, 4.69) is 4.37 Å². The number of aromatic nitrogens is 1. The van der Waals surface area contributed by atoms with Gasteiger partial charge in [0, 0.05) is 6.07 Å². The van der Waals surface area contributed by atoms with E-state index < -0.39 is 6.10 Å². The van der Waals surface area contributed by atoms with E-state index in [-0.39, 0.29) is 0 Å². The average Bonchev–Trinajstić information content (AvgIpc) is 3.03. The van der Waals surface area contributed by atoms with Crippen molar-refractivity contribution >= 4 is 11.5 Å². The monoisotopic (exact) mass is 297 g/mol. The van der Waals surface area contributed by atoms with Gasteiger partial charge >= 0.3 is 0 Å². The van der Waals surface area contributed by atoms with E-state index in [0.29, 0.717) is 12.5 Å². The molecule has 0 saturated heterocycles. The summed E-state index contributed by atoms with van der Waals surface area (Å²) in [4.78, 5) is 0.782. The van der Waals surface area contributed by atoms with Gasteiger partial charge in [-0.1, -0.05) is 60.7 Å². The Hall–Kier alpha value is -2.17. The molecule has 4 heteroatoms. The van der Waals surface area contributed by atoms with Crippen LogP contribution in [0.4, 0.5) is 0 Å². The number of rotatable bonds is 5. The molecule has 2 aromatic carbocycles. The molecule has 0 spiro atoms. The topological polar surface area (TPSA) is 42.4 Å². The highest BCUT2D eigenvalue weighted by Crippen LogP contribution is 2.28. The second-order valence-electron chi connectivity index (χ2n) is 4.66. The van der Waals surface area contributed by atoms with E-state index in [9.17, 15) is 5.11 Å². The lowest BCUT2D eigenvalue weighted by Gasteiger charge is -2.07. The summed E-state index contributed by atoms with van der Waals surface area (Å²) >= 11 is 1.26. The first kappa shape index (κ1) is 13.8. The molecule has 0 bridgehead atoms. The second kappa shape index (κ2) is 6.52. The van der Waals surface area contributed by atoms with Crippen molar-refractivity contribution in [2.75, 3.05) is 0 Å². The van der Waals surface area contributed by atoms with Crippen molar-refractivity contribution in [3.05, 3.63) is 82.7 Å². The van der Waals surface area contributed by atoms with Crippen LogP contribution in [0.5, 0.6) is 5.88 Å². The summed E-state index contributed by atoms with van der Waals surface area (Å²) in [6.07, 6.45) is -0.655. The number of hydrogen-bond donors (Lipinski definition) is 1. The van der Waals surface area contributed by atoms with Crippen LogP contribution in [0.2, 0.25) is 0 Å². The van der Waals surface area contributed by atoms with Crippen molar-refractivity contribution in [1.29, 1.82) is 0 Å². The maximum Gasteiger partial charge on any atom is 0.225 e. The highest BCUT2D eigenvalue weighted by Gasteiger charge is 2.14. The van der Waals surface area contributed by atoms with Gasteiger partial charge in [0.1, 0.15) is 12.7 Å². The minimum atomic E-state index is -0.655. The van der Waals surface area contributed by atoms with Gasteiger partial charge < -0.3 is 9.84 Å². The third-order valence-corrected chi connectivity index (χ3v) is 3.94. The Morgan fingerprint density at radius 1 is 1.00 bits per heavy atom. The van der Waals surface area contributed by atoms with Crippen molar-refractivity contribution in [3.63, 3.8) is 0 Å². The van der Waals surface area contributed by atoms with Gasteiger partial charge in [-0.15, -0.1) is 0 Å². The van der Waals surface area contributed by atoms with E-state index in [0.717, 1.165) is 16.0 Å². The van der Waals surface area contributed by atoms with Crippen molar-refractivity contribution in [2.24, 2.45) is 0 Å². The van der Waals surface area contributed by atoms with Crippen LogP contribution in [-0.2, 0) is 6.61 Å². The zero-order valence-electron chi connectivity index (χ0n) is 11.3. The second-order valence-corrected chi connectivity index (χ2v) is 5.49. The number of hydrogen-bond acceptors (Lipinski definition) is 4. The van der Waals surface area contributed by atoms with E-state index in [1.165, 1.54) is 11.5 Å². The molecule has 1 atom stereocenters. The minimum absolute atomic E-state index is 0.478. The van der Waals surface area contributed by atoms with E-state index in [1.54, 1.807) is 6.07 Å². The predicted molar refractivity (Wildman–Crippen MR) is 83.4 cm³/mol. The summed E-state index contributed by atoms with van der Waals surface area (Å²) < 4.78 is 9.88. The number of aliphatic hydroxyl groups excluding tert-OH is 1. The number of nitrogens with zero attached hydrogens (tertiary/aromatic N) is 1. The molecule has 0 amide bonds. The molecule has 0 saturated carbocycles. The van der Waals surface area contributed by atoms with Crippen LogP contribution in [0.15, 0.2) is 66.7 Å². The summed E-state index contributed by atoms with van der Waals surface area (Å²) in [7, 11) is 0. The molecule has 0 aliphatic heterocycles. The predicted octanol–water partition coefficient (Wildman–Crippen LogP) is 3.80. The van der Waals surface area contributed by atoms with Crippen LogP contribution in [0.25, 0.3) is 0 Å². The molecule has 0 fully saturated rings. The standard InChI is InChI=1S/C17H15NO2S/c19-17(14-9-5-2-6-10-14)15-11-16(18-21-15)20-12-13-7-3-1-4-8-13/h1-11,17,19H,12H2. The largest absolute Gasteiger partial charge is 0.472 e. The van der Waals surface area contributed by atoms with Crippen molar-refractivity contribution in [1.82, 2.24) is 4.37 Å². The van der Waals surface area contributed by atoms with Gasteiger partial charge in [-0.05, 0) is 22.7 Å². The van der Waals surface area contributed by atoms with Crippen molar-refractivity contribution in [3.8, 4) is 5.88 Å². The van der Waals surface area contributed by atoms with Crippen molar-refractivity contribution < 1.29 is 9.84 Å². The maximum absolute atomic E-state index is 10.3. The Morgan fingerprint density at radius 3 is 2.38 bits per heavy atom. The third kappa shape index (κ3) is 3.48. The first-order valence-corrected chi connectivity index (χ1v) is 7.46. The normalized spacial score (nSPS) is 12.0. The van der Waals surface area contributed by atoms with Crippen LogP contribution >= 0.6 is 11.5 Å². The van der Waals surface area contributed by atoms with Gasteiger partial charge in [-0.3, -0.25) is 0 Å². The molecule has 0 aliphatic rings. The quantitative estimate of drug-likeness (QED) is 0.779. The molecule has 21 heavy (non-hydrogen) atoms. The van der Waals surface area contributed by atoms with Crippen LogP contribution in [-0.4, -0.2) is 9.48 Å². The van der Waals surface area contributed by atoms with Crippen LogP contribution < -0.4 is 4.74 Å². The van der Waals surface area contributed by atoms with Gasteiger partial charge in [-0.2, -0.15) is 4.37 Å². The first-order valence-electron chi connectivity index (χ1n) is 6.69. The molecule has 3 aromatic rings. The van der Waals surface area contributed by atoms with Crippen LogP contribution in [0, 0.1) is 0 Å². The lowest BCUT2D eigenvalue weighted by atomic mass is 10.1. The lowest BCUT2D eigenvalue weighted by molar-refractivity contribution is 0.223. The van der Waals surface area contributed by atoms with Gasteiger partial charge in [0.2, 0.25) is 5.88 Å². The minimum Gasteiger partial charge on any atom is -0.472 e. The smallest absolute Gasteiger partial charge is 0.225 e. The van der Waals surface area contributed by atoms with Crippen molar-refractivity contribution in [2.45, 2.75) is 12.7 Å². The molecule has 0 aliphatic carbocycles. The molecule has 106 valence electrons. The third-order valence-electron chi connectivity index (χ3n) is 3.12. The molecule has 1 aromatic heterocycles. The Bertz CT molecular complexity index is 682. The van der Waals surface area contributed by atoms with Crippen LogP contribution in [0.1, 0.15) is 22.1 Å². The van der Waals surface area contributed by atoms with Gasteiger partial charge in [-0.25, -0.2) is 0 Å². The number of ether oxygens (including phenoxy) is 1. The average molecular weight is 297 g/mol. The Kier molecular flexibility index (Phi) is 4.28. The summed E-state index contributed by atoms with van der Waals surface area (Å²) in [6.45, 7) is 0.478. The molecular formula is C17H15NO2S. The fraction of sp³-hybridized carbons (Fsp3) is 0.118. The SMILES string of the molecule is OC(c1ccccc1)c1cc(OCc2ccccc2)ns1. The molecule has 0 radical (unpaired) electrons. The van der Waals surface area contributed by atoms with Crippen LogP contribution in [0.3, 0.4) is 0 Å². The summed E-state index contributed by atoms with van der Waals surface area (Å²) in [5.41, 5.74) is 1.95. The zero-order valence-corrected chi connectivity index (χ0v) is 12.2. The molecule has 1 heterocycles. The van der Waals surface area contributed by atoms with Gasteiger partial charge in [0.25, 0.3) is 0 Å². The summed E-state index contributed by atoms with van der Waals surface area (Å²) in [5.74, 6) is 0.550. The lowest BCUT2D eigenvalue weighted by Crippen LogP contribution is -1.97. The fourth-order valence-electron chi connectivity index (χ4n) is 2.00. The molecule has 3 nitrogen and oxygen atoms in total. The summed E-state index contributed by atoms with van der Waals surface area (Å²) in [5, 5.41) is 10.3. The number of aliphatic hydroxyl groups is 1.